The second kappa shape index (κ2) is 7.71. The molecule has 22 heavy (non-hydrogen) atoms. The van der Waals surface area contributed by atoms with Gasteiger partial charge in [-0.05, 0) is 6.92 Å². The number of rotatable bonds is 8. The summed E-state index contributed by atoms with van der Waals surface area (Å²) >= 11 is 0. The first-order chi connectivity index (χ1) is 10.6. The molecular formula is C14H21N5O3. The lowest BCUT2D eigenvalue weighted by Gasteiger charge is -2.05. The van der Waals surface area contributed by atoms with Gasteiger partial charge in [-0.2, -0.15) is 5.10 Å². The highest BCUT2D eigenvalue weighted by molar-refractivity contribution is 5.93. The van der Waals surface area contributed by atoms with Crippen molar-refractivity contribution in [2.45, 2.75) is 6.92 Å². The largest absolute Gasteiger partial charge is 0.440 e. The molecule has 0 saturated carbocycles. The zero-order chi connectivity index (χ0) is 15.9. The Morgan fingerprint density at radius 2 is 2.23 bits per heavy atom. The van der Waals surface area contributed by atoms with Crippen LogP contribution in [0.25, 0.3) is 11.5 Å². The van der Waals surface area contributed by atoms with E-state index in [4.69, 9.17) is 9.15 Å². The molecule has 0 atom stereocenters. The first kappa shape index (κ1) is 16.2. The lowest BCUT2D eigenvalue weighted by Crippen LogP contribution is -2.33. The number of hydrogen-bond donors (Lipinski definition) is 2. The molecule has 1 amide bonds. The van der Waals surface area contributed by atoms with Crippen molar-refractivity contribution in [3.63, 3.8) is 0 Å². The Balaban J connectivity index is 1.89. The molecule has 2 N–H and O–H groups in total. The fourth-order valence-corrected chi connectivity index (χ4v) is 1.91. The number of aromatic nitrogens is 3. The number of carbonyl (C=O) groups is 1. The Bertz CT molecular complexity index is 620. The third kappa shape index (κ3) is 4.15. The molecule has 0 bridgehead atoms. The quantitative estimate of drug-likeness (QED) is 0.683. The van der Waals surface area contributed by atoms with Crippen LogP contribution in [0.5, 0.6) is 0 Å². The van der Waals surface area contributed by atoms with Gasteiger partial charge in [0.15, 0.2) is 5.69 Å². The molecule has 2 aromatic heterocycles. The molecule has 0 aliphatic rings. The van der Waals surface area contributed by atoms with Gasteiger partial charge in [-0.25, -0.2) is 4.98 Å². The Labute approximate surface area is 128 Å². The normalized spacial score (nSPS) is 10.9. The van der Waals surface area contributed by atoms with E-state index < -0.39 is 0 Å². The number of oxazole rings is 1. The summed E-state index contributed by atoms with van der Waals surface area (Å²) in [7, 11) is 3.46. The van der Waals surface area contributed by atoms with Gasteiger partial charge in [-0.1, -0.05) is 0 Å². The molecule has 0 fully saturated rings. The zero-order valence-corrected chi connectivity index (χ0v) is 13.0. The minimum Gasteiger partial charge on any atom is -0.440 e. The molecule has 0 aliphatic heterocycles. The third-order valence-electron chi connectivity index (χ3n) is 3.03. The van der Waals surface area contributed by atoms with Crippen LogP contribution in [0.15, 0.2) is 16.8 Å². The summed E-state index contributed by atoms with van der Waals surface area (Å²) in [6.07, 6.45) is 3.43. The molecule has 0 radical (unpaired) electrons. The van der Waals surface area contributed by atoms with Gasteiger partial charge in [0.25, 0.3) is 5.91 Å². The van der Waals surface area contributed by atoms with Crippen LogP contribution in [-0.2, 0) is 11.8 Å². The molecule has 2 rings (SSSR count). The molecule has 8 nitrogen and oxygen atoms in total. The number of nitrogens with zero attached hydrogens (tertiary/aromatic N) is 3. The second-order valence-corrected chi connectivity index (χ2v) is 4.83. The first-order valence-corrected chi connectivity index (χ1v) is 7.06. The SMILES string of the molecule is COCCNCCNC(=O)c1nc(-c2cnn(C)c2)oc1C. The number of aryl methyl sites for hydroxylation is 2. The molecule has 0 spiro atoms. The molecule has 2 aromatic rings. The highest BCUT2D eigenvalue weighted by Gasteiger charge is 2.18. The van der Waals surface area contributed by atoms with Crippen molar-refractivity contribution in [3.05, 3.63) is 23.8 Å². The van der Waals surface area contributed by atoms with Crippen LogP contribution in [0.3, 0.4) is 0 Å². The Kier molecular flexibility index (Phi) is 5.68. The summed E-state index contributed by atoms with van der Waals surface area (Å²) < 4.78 is 12.1. The minimum absolute atomic E-state index is 0.245. The Morgan fingerprint density at radius 1 is 1.41 bits per heavy atom. The maximum absolute atomic E-state index is 12.1. The Hall–Kier alpha value is -2.19. The number of nitrogens with one attached hydrogen (secondary N) is 2. The maximum Gasteiger partial charge on any atom is 0.273 e. The summed E-state index contributed by atoms with van der Waals surface area (Å²) in [5.74, 6) is 0.641. The summed E-state index contributed by atoms with van der Waals surface area (Å²) in [4.78, 5) is 16.3. The van der Waals surface area contributed by atoms with Gasteiger partial charge in [0.2, 0.25) is 5.89 Å². The highest BCUT2D eigenvalue weighted by Crippen LogP contribution is 2.20. The van der Waals surface area contributed by atoms with Gasteiger partial charge < -0.3 is 19.8 Å². The molecule has 0 saturated heterocycles. The van der Waals surface area contributed by atoms with Gasteiger partial charge in [-0.15, -0.1) is 0 Å². The van der Waals surface area contributed by atoms with Crippen molar-refractivity contribution < 1.29 is 13.9 Å². The van der Waals surface area contributed by atoms with Crippen molar-refractivity contribution in [2.24, 2.45) is 7.05 Å². The van der Waals surface area contributed by atoms with E-state index in [0.29, 0.717) is 37.0 Å². The summed E-state index contributed by atoms with van der Waals surface area (Å²) in [5, 5.41) is 10.0. The van der Waals surface area contributed by atoms with Crippen molar-refractivity contribution in [1.82, 2.24) is 25.4 Å². The van der Waals surface area contributed by atoms with E-state index in [2.05, 4.69) is 20.7 Å². The van der Waals surface area contributed by atoms with E-state index in [-0.39, 0.29) is 5.91 Å². The number of hydrogen-bond acceptors (Lipinski definition) is 6. The predicted molar refractivity (Wildman–Crippen MR) is 80.5 cm³/mol. The van der Waals surface area contributed by atoms with Gasteiger partial charge in [0, 0.05) is 40.0 Å². The van der Waals surface area contributed by atoms with Gasteiger partial charge in [-0.3, -0.25) is 9.48 Å². The zero-order valence-electron chi connectivity index (χ0n) is 13.0. The van der Waals surface area contributed by atoms with E-state index in [1.165, 1.54) is 0 Å². The number of methoxy groups -OCH3 is 1. The van der Waals surface area contributed by atoms with E-state index in [9.17, 15) is 4.79 Å². The molecule has 120 valence electrons. The van der Waals surface area contributed by atoms with Crippen LogP contribution in [0.4, 0.5) is 0 Å². The fraction of sp³-hybridized carbons (Fsp3) is 0.500. The lowest BCUT2D eigenvalue weighted by molar-refractivity contribution is 0.0948. The number of ether oxygens (including phenoxy) is 1. The van der Waals surface area contributed by atoms with E-state index in [0.717, 1.165) is 12.1 Å². The number of carbonyl (C=O) groups excluding carboxylic acids is 1. The minimum atomic E-state index is -0.245. The van der Waals surface area contributed by atoms with E-state index in [1.807, 2.05) is 7.05 Å². The lowest BCUT2D eigenvalue weighted by atomic mass is 10.3. The van der Waals surface area contributed by atoms with Crippen molar-refractivity contribution >= 4 is 5.91 Å². The predicted octanol–water partition coefficient (Wildman–Crippen LogP) is 0.349. The van der Waals surface area contributed by atoms with Crippen molar-refractivity contribution in [1.29, 1.82) is 0 Å². The molecule has 0 aliphatic carbocycles. The fourth-order valence-electron chi connectivity index (χ4n) is 1.91. The van der Waals surface area contributed by atoms with E-state index in [1.54, 1.807) is 31.1 Å². The van der Waals surface area contributed by atoms with Crippen molar-refractivity contribution in [2.75, 3.05) is 33.4 Å². The molecule has 0 aromatic carbocycles. The third-order valence-corrected chi connectivity index (χ3v) is 3.03. The second-order valence-electron chi connectivity index (χ2n) is 4.83. The first-order valence-electron chi connectivity index (χ1n) is 7.06. The molecular weight excluding hydrogens is 286 g/mol. The number of amides is 1. The standard InChI is InChI=1S/C14H21N5O3/c1-10-12(13(20)16-5-4-15-6-7-21-3)18-14(22-10)11-8-17-19(2)9-11/h8-9,15H,4-7H2,1-3H3,(H,16,20). The average molecular weight is 307 g/mol. The average Bonchev–Trinajstić information content (AvgIpc) is 3.08. The topological polar surface area (TPSA) is 94.2 Å². The summed E-state index contributed by atoms with van der Waals surface area (Å²) in [6.45, 7) is 4.29. The maximum atomic E-state index is 12.1. The van der Waals surface area contributed by atoms with Crippen LogP contribution >= 0.6 is 0 Å². The molecule has 2 heterocycles. The van der Waals surface area contributed by atoms with Gasteiger partial charge in [0.1, 0.15) is 5.76 Å². The molecule has 0 unspecified atom stereocenters. The van der Waals surface area contributed by atoms with Crippen molar-refractivity contribution in [3.8, 4) is 11.5 Å². The smallest absolute Gasteiger partial charge is 0.273 e. The van der Waals surface area contributed by atoms with Crippen LogP contribution in [0.1, 0.15) is 16.2 Å². The van der Waals surface area contributed by atoms with Crippen LogP contribution in [0, 0.1) is 6.92 Å². The van der Waals surface area contributed by atoms with Gasteiger partial charge >= 0.3 is 0 Å². The monoisotopic (exact) mass is 307 g/mol. The molecule has 8 heteroatoms. The summed E-state index contributed by atoms with van der Waals surface area (Å²) in [6, 6.07) is 0. The highest BCUT2D eigenvalue weighted by atomic mass is 16.5. The van der Waals surface area contributed by atoms with Crippen LogP contribution in [0.2, 0.25) is 0 Å². The summed E-state index contributed by atoms with van der Waals surface area (Å²) in [5.41, 5.74) is 1.04. The van der Waals surface area contributed by atoms with E-state index >= 15 is 0 Å². The van der Waals surface area contributed by atoms with Gasteiger partial charge in [0.05, 0.1) is 18.4 Å². The van der Waals surface area contributed by atoms with Crippen LogP contribution in [-0.4, -0.2) is 54.0 Å². The van der Waals surface area contributed by atoms with Crippen LogP contribution < -0.4 is 10.6 Å². The Morgan fingerprint density at radius 3 is 2.91 bits per heavy atom.